The predicted molar refractivity (Wildman–Crippen MR) is 84.4 cm³/mol. The summed E-state index contributed by atoms with van der Waals surface area (Å²) in [5, 5.41) is 0. The average molecular weight is 294 g/mol. The van der Waals surface area contributed by atoms with Crippen LogP contribution in [0.5, 0.6) is 0 Å². The van der Waals surface area contributed by atoms with Gasteiger partial charge in [-0.05, 0) is 23.1 Å². The van der Waals surface area contributed by atoms with E-state index in [0.29, 0.717) is 6.02 Å². The van der Waals surface area contributed by atoms with Crippen LogP contribution < -0.4 is 5.73 Å². The van der Waals surface area contributed by atoms with E-state index in [1.807, 2.05) is 12.4 Å². The van der Waals surface area contributed by atoms with Gasteiger partial charge in [0.15, 0.2) is 0 Å². The molecule has 0 fully saturated rings. The summed E-state index contributed by atoms with van der Waals surface area (Å²) in [6.07, 6.45) is 7.95. The fraction of sp³-hybridized carbons (Fsp3) is 0.353. The zero-order valence-corrected chi connectivity index (χ0v) is 12.5. The van der Waals surface area contributed by atoms with Crippen LogP contribution >= 0.6 is 0 Å². The maximum Gasteiger partial charge on any atom is 0.282 e. The third-order valence-corrected chi connectivity index (χ3v) is 4.69. The first-order valence-electron chi connectivity index (χ1n) is 7.60. The van der Waals surface area contributed by atoms with Crippen LogP contribution in [-0.4, -0.2) is 27.6 Å². The molecule has 112 valence electrons. The van der Waals surface area contributed by atoms with E-state index in [0.717, 1.165) is 24.8 Å². The van der Waals surface area contributed by atoms with E-state index in [4.69, 9.17) is 10.5 Å². The fourth-order valence-electron chi connectivity index (χ4n) is 3.76. The minimum Gasteiger partial charge on any atom is -0.460 e. The van der Waals surface area contributed by atoms with E-state index >= 15 is 0 Å². The van der Waals surface area contributed by atoms with Gasteiger partial charge in [0.2, 0.25) is 0 Å². The lowest BCUT2D eigenvalue weighted by Gasteiger charge is -2.25. The Balaban J connectivity index is 1.79. The molecule has 5 heteroatoms. The van der Waals surface area contributed by atoms with Crippen molar-refractivity contribution in [2.75, 3.05) is 0 Å². The Hall–Kier alpha value is -2.43. The predicted octanol–water partition coefficient (Wildman–Crippen LogP) is 2.10. The highest BCUT2D eigenvalue weighted by atomic mass is 16.5. The van der Waals surface area contributed by atoms with Gasteiger partial charge in [-0.25, -0.2) is 15.0 Å². The van der Waals surface area contributed by atoms with Gasteiger partial charge in [-0.2, -0.15) is 0 Å². The Bertz CT molecular complexity index is 744. The number of rotatable bonds is 2. The van der Waals surface area contributed by atoms with Crippen molar-refractivity contribution in [3.63, 3.8) is 0 Å². The van der Waals surface area contributed by atoms with Crippen LogP contribution in [0.2, 0.25) is 0 Å². The van der Waals surface area contributed by atoms with E-state index in [-0.39, 0.29) is 11.6 Å². The summed E-state index contributed by atoms with van der Waals surface area (Å²) in [6, 6.07) is 6.71. The highest BCUT2D eigenvalue weighted by molar-refractivity contribution is 5.76. The van der Waals surface area contributed by atoms with Crippen LogP contribution in [0.25, 0.3) is 11.1 Å². The molecule has 0 bridgehead atoms. The van der Waals surface area contributed by atoms with Gasteiger partial charge < -0.3 is 10.5 Å². The molecular formula is C17H18N4O. The molecule has 0 saturated carbocycles. The summed E-state index contributed by atoms with van der Waals surface area (Å²) in [4.78, 5) is 12.9. The molecule has 4 rings (SSSR count). The monoisotopic (exact) mass is 294 g/mol. The van der Waals surface area contributed by atoms with Crippen molar-refractivity contribution >= 4 is 6.02 Å². The Morgan fingerprint density at radius 3 is 2.86 bits per heavy atom. The third kappa shape index (κ3) is 1.89. The highest BCUT2D eigenvalue weighted by Gasteiger charge is 2.49. The average Bonchev–Trinajstić information content (AvgIpc) is 3.06. The number of hydrogen-bond acceptors (Lipinski definition) is 5. The molecule has 2 heterocycles. The molecule has 22 heavy (non-hydrogen) atoms. The van der Waals surface area contributed by atoms with E-state index in [2.05, 4.69) is 40.1 Å². The summed E-state index contributed by atoms with van der Waals surface area (Å²) in [6.45, 7) is 2.12. The smallest absolute Gasteiger partial charge is 0.282 e. The first-order valence-corrected chi connectivity index (χ1v) is 7.60. The maximum atomic E-state index is 5.85. The minimum absolute atomic E-state index is 0.0553. The first kappa shape index (κ1) is 13.2. The second-order valence-electron chi connectivity index (χ2n) is 5.99. The summed E-state index contributed by atoms with van der Waals surface area (Å²) in [5.74, 6) is 0. The van der Waals surface area contributed by atoms with Gasteiger partial charge in [0.1, 0.15) is 18.0 Å². The molecule has 1 aromatic carbocycles. The number of aromatic nitrogens is 2. The number of hydrogen-bond donors (Lipinski definition) is 1. The summed E-state index contributed by atoms with van der Waals surface area (Å²) < 4.78 is 5.73. The Morgan fingerprint density at radius 2 is 2.09 bits per heavy atom. The van der Waals surface area contributed by atoms with E-state index < -0.39 is 0 Å². The molecule has 1 aliphatic heterocycles. The largest absolute Gasteiger partial charge is 0.460 e. The van der Waals surface area contributed by atoms with Gasteiger partial charge in [0.25, 0.3) is 6.02 Å². The third-order valence-electron chi connectivity index (χ3n) is 4.69. The van der Waals surface area contributed by atoms with Crippen LogP contribution in [0.3, 0.4) is 0 Å². The molecule has 0 saturated heterocycles. The van der Waals surface area contributed by atoms with E-state index in [1.54, 1.807) is 6.33 Å². The van der Waals surface area contributed by atoms with Gasteiger partial charge >= 0.3 is 0 Å². The van der Waals surface area contributed by atoms with Crippen molar-refractivity contribution in [2.24, 2.45) is 10.7 Å². The Labute approximate surface area is 129 Å². The molecule has 2 N–H and O–H groups in total. The van der Waals surface area contributed by atoms with E-state index in [9.17, 15) is 0 Å². The summed E-state index contributed by atoms with van der Waals surface area (Å²) in [5.41, 5.74) is 10.5. The van der Waals surface area contributed by atoms with Gasteiger partial charge in [0, 0.05) is 30.8 Å². The molecule has 0 amide bonds. The van der Waals surface area contributed by atoms with Crippen LogP contribution in [0.4, 0.5) is 0 Å². The molecule has 2 aromatic rings. The zero-order chi connectivity index (χ0) is 15.2. The van der Waals surface area contributed by atoms with Crippen LogP contribution in [0, 0.1) is 0 Å². The van der Waals surface area contributed by atoms with Crippen molar-refractivity contribution in [1.29, 1.82) is 0 Å². The normalized spacial score (nSPS) is 25.9. The molecule has 5 nitrogen and oxygen atoms in total. The number of benzene rings is 1. The lowest BCUT2D eigenvalue weighted by atomic mass is 9.88. The SMILES string of the molecule is CC[C@H]1OC(N)=N[C@@]12Cc1cccc(-c3cncnc3)c1C2. The van der Waals surface area contributed by atoms with Crippen molar-refractivity contribution < 1.29 is 4.74 Å². The standard InChI is InChI=1S/C17H18N4O/c1-2-15-17(21-16(18)22-15)6-11-4-3-5-13(14(11)7-17)12-8-19-10-20-9-12/h3-5,8-10,15H,2,6-7H2,1H3,(H2,18,21)/t15-,17-/m1/s1. The van der Waals surface area contributed by atoms with Crippen LogP contribution in [-0.2, 0) is 17.6 Å². The first-order chi connectivity index (χ1) is 10.7. The molecule has 2 aliphatic rings. The van der Waals surface area contributed by atoms with Crippen molar-refractivity contribution in [3.8, 4) is 11.1 Å². The lowest BCUT2D eigenvalue weighted by Crippen LogP contribution is -2.38. The number of amidine groups is 1. The number of ether oxygens (including phenoxy) is 1. The van der Waals surface area contributed by atoms with Gasteiger partial charge in [-0.3, -0.25) is 0 Å². The highest BCUT2D eigenvalue weighted by Crippen LogP contribution is 2.43. The van der Waals surface area contributed by atoms with Gasteiger partial charge in [0.05, 0.1) is 0 Å². The topological polar surface area (TPSA) is 73.4 Å². The molecule has 2 atom stereocenters. The van der Waals surface area contributed by atoms with Crippen molar-refractivity contribution in [1.82, 2.24) is 9.97 Å². The minimum atomic E-state index is -0.243. The fourth-order valence-corrected chi connectivity index (χ4v) is 3.76. The van der Waals surface area contributed by atoms with Crippen molar-refractivity contribution in [2.45, 2.75) is 37.8 Å². The number of nitrogens with two attached hydrogens (primary N) is 1. The van der Waals surface area contributed by atoms with Crippen LogP contribution in [0.15, 0.2) is 41.9 Å². The summed E-state index contributed by atoms with van der Waals surface area (Å²) >= 11 is 0. The Kier molecular flexibility index (Phi) is 2.89. The quantitative estimate of drug-likeness (QED) is 0.920. The van der Waals surface area contributed by atoms with Gasteiger partial charge in [-0.1, -0.05) is 25.1 Å². The Morgan fingerprint density at radius 1 is 1.27 bits per heavy atom. The van der Waals surface area contributed by atoms with E-state index in [1.165, 1.54) is 16.7 Å². The van der Waals surface area contributed by atoms with Crippen molar-refractivity contribution in [3.05, 3.63) is 48.0 Å². The molecule has 1 aromatic heterocycles. The second-order valence-corrected chi connectivity index (χ2v) is 5.99. The second kappa shape index (κ2) is 4.80. The number of nitrogens with zero attached hydrogens (tertiary/aromatic N) is 3. The maximum absolute atomic E-state index is 5.85. The molecule has 1 aliphatic carbocycles. The lowest BCUT2D eigenvalue weighted by molar-refractivity contribution is 0.134. The molecular weight excluding hydrogens is 276 g/mol. The molecule has 0 unspecified atom stereocenters. The number of fused-ring (bicyclic) bond motifs is 1. The zero-order valence-electron chi connectivity index (χ0n) is 12.5. The van der Waals surface area contributed by atoms with Crippen LogP contribution in [0.1, 0.15) is 24.5 Å². The van der Waals surface area contributed by atoms with Gasteiger partial charge in [-0.15, -0.1) is 0 Å². The number of aliphatic imine (C=N–C) groups is 1. The molecule has 0 radical (unpaired) electrons. The molecule has 1 spiro atoms. The summed E-state index contributed by atoms with van der Waals surface area (Å²) in [7, 11) is 0.